The van der Waals surface area contributed by atoms with E-state index in [-0.39, 0.29) is 6.03 Å². The van der Waals surface area contributed by atoms with E-state index in [2.05, 4.69) is 4.98 Å². The van der Waals surface area contributed by atoms with E-state index in [4.69, 9.17) is 5.11 Å². The van der Waals surface area contributed by atoms with Crippen LogP contribution in [0.3, 0.4) is 0 Å². The summed E-state index contributed by atoms with van der Waals surface area (Å²) in [5.41, 5.74) is 1.09. The number of aromatic nitrogens is 1. The summed E-state index contributed by atoms with van der Waals surface area (Å²) in [6.07, 6.45) is 4.51. The van der Waals surface area contributed by atoms with E-state index in [0.29, 0.717) is 19.4 Å². The summed E-state index contributed by atoms with van der Waals surface area (Å²) >= 11 is 0. The highest BCUT2D eigenvalue weighted by atomic mass is 16.4. The number of carbonyl (C=O) groups excluding carboxylic acids is 1. The third-order valence-corrected chi connectivity index (χ3v) is 3.25. The van der Waals surface area contributed by atoms with E-state index < -0.39 is 12.0 Å². The highest BCUT2D eigenvalue weighted by molar-refractivity contribution is 5.82. The largest absolute Gasteiger partial charge is 0.480 e. The zero-order valence-electron chi connectivity index (χ0n) is 12.1. The van der Waals surface area contributed by atoms with Crippen molar-refractivity contribution >= 4 is 12.0 Å². The number of aliphatic carboxylic acids is 1. The predicted octanol–water partition coefficient (Wildman–Crippen LogP) is 1.47. The summed E-state index contributed by atoms with van der Waals surface area (Å²) in [6.45, 7) is 2.28. The number of carboxylic acid groups (broad SMARTS) is 1. The van der Waals surface area contributed by atoms with Gasteiger partial charge in [0.1, 0.15) is 6.04 Å². The van der Waals surface area contributed by atoms with Gasteiger partial charge in [-0.1, -0.05) is 6.92 Å². The predicted molar refractivity (Wildman–Crippen MR) is 75.4 cm³/mol. The maximum atomic E-state index is 12.1. The van der Waals surface area contributed by atoms with Gasteiger partial charge in [-0.25, -0.2) is 9.59 Å². The van der Waals surface area contributed by atoms with Crippen molar-refractivity contribution in [1.82, 2.24) is 14.8 Å². The molecule has 0 aliphatic heterocycles. The van der Waals surface area contributed by atoms with Crippen molar-refractivity contribution in [3.8, 4) is 0 Å². The molecule has 0 aliphatic carbocycles. The Bertz CT molecular complexity index is 450. The van der Waals surface area contributed by atoms with Crippen molar-refractivity contribution < 1.29 is 14.7 Å². The van der Waals surface area contributed by atoms with Gasteiger partial charge in [0.25, 0.3) is 0 Å². The summed E-state index contributed by atoms with van der Waals surface area (Å²) < 4.78 is 0. The summed E-state index contributed by atoms with van der Waals surface area (Å²) in [7, 11) is 3.20. The third-order valence-electron chi connectivity index (χ3n) is 3.25. The Morgan fingerprint density at radius 2 is 1.90 bits per heavy atom. The zero-order chi connectivity index (χ0) is 15.1. The first-order valence-electron chi connectivity index (χ1n) is 6.57. The van der Waals surface area contributed by atoms with Crippen molar-refractivity contribution in [2.24, 2.45) is 0 Å². The zero-order valence-corrected chi connectivity index (χ0v) is 12.1. The molecule has 6 heteroatoms. The van der Waals surface area contributed by atoms with E-state index in [1.807, 2.05) is 12.1 Å². The van der Waals surface area contributed by atoms with E-state index in [1.165, 1.54) is 16.8 Å². The van der Waals surface area contributed by atoms with Gasteiger partial charge in [-0.3, -0.25) is 4.98 Å². The van der Waals surface area contributed by atoms with Crippen LogP contribution in [-0.4, -0.2) is 58.6 Å². The minimum absolute atomic E-state index is 0.284. The molecule has 1 aromatic heterocycles. The average Bonchev–Trinajstić information content (AvgIpc) is 2.45. The van der Waals surface area contributed by atoms with Crippen LogP contribution in [0.15, 0.2) is 24.5 Å². The molecule has 0 fully saturated rings. The Hall–Kier alpha value is -2.11. The minimum Gasteiger partial charge on any atom is -0.480 e. The van der Waals surface area contributed by atoms with Crippen LogP contribution in [0.25, 0.3) is 0 Å². The monoisotopic (exact) mass is 279 g/mol. The molecule has 2 amide bonds. The molecular formula is C14H21N3O3. The molecule has 0 spiro atoms. The summed E-state index contributed by atoms with van der Waals surface area (Å²) in [5, 5.41) is 9.06. The summed E-state index contributed by atoms with van der Waals surface area (Å²) in [5.74, 6) is -0.981. The van der Waals surface area contributed by atoms with Gasteiger partial charge in [-0.05, 0) is 30.5 Å². The number of rotatable bonds is 6. The molecule has 0 bridgehead atoms. The number of carboxylic acids is 1. The Morgan fingerprint density at radius 1 is 1.30 bits per heavy atom. The number of urea groups is 1. The normalized spacial score (nSPS) is 11.8. The van der Waals surface area contributed by atoms with Crippen LogP contribution in [0.2, 0.25) is 0 Å². The number of carbonyl (C=O) groups is 2. The molecule has 1 atom stereocenters. The molecule has 0 aliphatic rings. The SMILES string of the molecule is CCC(C(=O)O)N(C)C(=O)N(C)CCc1ccncc1. The van der Waals surface area contributed by atoms with Crippen LogP contribution in [0, 0.1) is 0 Å². The summed E-state index contributed by atoms with van der Waals surface area (Å²) in [4.78, 5) is 29.9. The fraction of sp³-hybridized carbons (Fsp3) is 0.500. The van der Waals surface area contributed by atoms with Gasteiger partial charge >= 0.3 is 12.0 Å². The molecule has 0 aromatic carbocycles. The number of pyridine rings is 1. The minimum atomic E-state index is -0.981. The highest BCUT2D eigenvalue weighted by Gasteiger charge is 2.26. The van der Waals surface area contributed by atoms with Gasteiger partial charge in [0.15, 0.2) is 0 Å². The number of hydrogen-bond donors (Lipinski definition) is 1. The first-order chi connectivity index (χ1) is 9.47. The molecule has 1 unspecified atom stereocenters. The van der Waals surface area contributed by atoms with Crippen molar-refractivity contribution in [3.05, 3.63) is 30.1 Å². The van der Waals surface area contributed by atoms with Gasteiger partial charge in [0.2, 0.25) is 0 Å². The molecule has 0 saturated carbocycles. The van der Waals surface area contributed by atoms with Crippen molar-refractivity contribution in [1.29, 1.82) is 0 Å². The fourth-order valence-corrected chi connectivity index (χ4v) is 1.96. The van der Waals surface area contributed by atoms with Crippen LogP contribution in [0.5, 0.6) is 0 Å². The van der Waals surface area contributed by atoms with Crippen LogP contribution in [0.4, 0.5) is 4.79 Å². The quantitative estimate of drug-likeness (QED) is 0.855. The molecular weight excluding hydrogens is 258 g/mol. The molecule has 6 nitrogen and oxygen atoms in total. The van der Waals surface area contributed by atoms with Crippen molar-refractivity contribution in [2.75, 3.05) is 20.6 Å². The lowest BCUT2D eigenvalue weighted by molar-refractivity contribution is -0.142. The first kappa shape index (κ1) is 15.9. The second-order valence-corrected chi connectivity index (χ2v) is 4.68. The first-order valence-corrected chi connectivity index (χ1v) is 6.57. The van der Waals surface area contributed by atoms with E-state index in [1.54, 1.807) is 26.4 Å². The second kappa shape index (κ2) is 7.47. The number of amides is 2. The van der Waals surface area contributed by atoms with Gasteiger partial charge in [0, 0.05) is 33.0 Å². The Labute approximate surface area is 119 Å². The standard InChI is InChI=1S/C14H21N3O3/c1-4-12(13(18)19)17(3)14(20)16(2)10-7-11-5-8-15-9-6-11/h5-6,8-9,12H,4,7,10H2,1-3H3,(H,18,19). The highest BCUT2D eigenvalue weighted by Crippen LogP contribution is 2.07. The van der Waals surface area contributed by atoms with Gasteiger partial charge < -0.3 is 14.9 Å². The molecule has 0 radical (unpaired) electrons. The molecule has 1 N–H and O–H groups in total. The van der Waals surface area contributed by atoms with E-state index >= 15 is 0 Å². The summed E-state index contributed by atoms with van der Waals surface area (Å²) in [6, 6.07) is 2.72. The number of nitrogens with zero attached hydrogens (tertiary/aromatic N) is 3. The van der Waals surface area contributed by atoms with Crippen molar-refractivity contribution in [2.45, 2.75) is 25.8 Å². The van der Waals surface area contributed by atoms with Crippen molar-refractivity contribution in [3.63, 3.8) is 0 Å². The van der Waals surface area contributed by atoms with Gasteiger partial charge in [-0.2, -0.15) is 0 Å². The van der Waals surface area contributed by atoms with Crippen LogP contribution in [-0.2, 0) is 11.2 Å². The van der Waals surface area contributed by atoms with E-state index in [9.17, 15) is 9.59 Å². The lowest BCUT2D eigenvalue weighted by Crippen LogP contribution is -2.48. The molecule has 1 aromatic rings. The Morgan fingerprint density at radius 3 is 2.40 bits per heavy atom. The Kier molecular flexibility index (Phi) is 5.96. The molecule has 0 saturated heterocycles. The van der Waals surface area contributed by atoms with Gasteiger partial charge in [-0.15, -0.1) is 0 Å². The molecule has 20 heavy (non-hydrogen) atoms. The smallest absolute Gasteiger partial charge is 0.326 e. The van der Waals surface area contributed by atoms with Gasteiger partial charge in [0.05, 0.1) is 0 Å². The lowest BCUT2D eigenvalue weighted by Gasteiger charge is -2.28. The van der Waals surface area contributed by atoms with Crippen LogP contribution >= 0.6 is 0 Å². The van der Waals surface area contributed by atoms with Crippen LogP contribution < -0.4 is 0 Å². The average molecular weight is 279 g/mol. The molecule has 1 heterocycles. The molecule has 1 rings (SSSR count). The topological polar surface area (TPSA) is 73.7 Å². The Balaban J connectivity index is 2.56. The van der Waals surface area contributed by atoms with E-state index in [0.717, 1.165) is 5.56 Å². The molecule has 110 valence electrons. The maximum Gasteiger partial charge on any atom is 0.326 e. The van der Waals surface area contributed by atoms with Crippen LogP contribution in [0.1, 0.15) is 18.9 Å². The number of likely N-dealkylation sites (N-methyl/N-ethyl adjacent to an activating group) is 2. The number of hydrogen-bond acceptors (Lipinski definition) is 3. The fourth-order valence-electron chi connectivity index (χ4n) is 1.96. The maximum absolute atomic E-state index is 12.1. The third kappa shape index (κ3) is 4.22. The second-order valence-electron chi connectivity index (χ2n) is 4.68. The lowest BCUT2D eigenvalue weighted by atomic mass is 10.2.